The highest BCUT2D eigenvalue weighted by molar-refractivity contribution is 6.31. The standard InChI is InChI=1S/C28H28ClFO5/c29-25-9-6-18(27-14-21(32)13-23(15-31)34-27)11-20(25)10-17-4-7-22(8-5-17)33-16-24-12-19-2-1-3-26(30)28(19)35-24/h1-9,11,21,23-24,27,31-32H,10,12-16H2. The molecule has 0 spiro atoms. The van der Waals surface area contributed by atoms with Crippen LogP contribution in [0.1, 0.15) is 41.2 Å². The van der Waals surface area contributed by atoms with E-state index in [0.717, 1.165) is 22.3 Å². The van der Waals surface area contributed by atoms with E-state index in [-0.39, 0.29) is 30.7 Å². The summed E-state index contributed by atoms with van der Waals surface area (Å²) in [5.41, 5.74) is 3.84. The third kappa shape index (κ3) is 5.62. The molecule has 2 N–H and O–H groups in total. The zero-order valence-electron chi connectivity index (χ0n) is 19.2. The molecular weight excluding hydrogens is 471 g/mol. The van der Waals surface area contributed by atoms with Crippen LogP contribution in [0, 0.1) is 5.82 Å². The maximum atomic E-state index is 13.9. The maximum Gasteiger partial charge on any atom is 0.165 e. The number of aliphatic hydroxyl groups excluding tert-OH is 2. The second-order valence-electron chi connectivity index (χ2n) is 9.21. The highest BCUT2D eigenvalue weighted by atomic mass is 35.5. The molecule has 2 aliphatic rings. The molecule has 2 heterocycles. The summed E-state index contributed by atoms with van der Waals surface area (Å²) in [6.45, 7) is 0.225. The molecule has 0 amide bonds. The summed E-state index contributed by atoms with van der Waals surface area (Å²) in [5, 5.41) is 20.3. The summed E-state index contributed by atoms with van der Waals surface area (Å²) in [4.78, 5) is 0. The normalized spacial score (nSPS) is 23.5. The van der Waals surface area contributed by atoms with E-state index in [2.05, 4.69) is 0 Å². The largest absolute Gasteiger partial charge is 0.490 e. The van der Waals surface area contributed by atoms with E-state index in [0.29, 0.717) is 48.8 Å². The van der Waals surface area contributed by atoms with Crippen molar-refractivity contribution in [2.45, 2.75) is 50.1 Å². The second-order valence-corrected chi connectivity index (χ2v) is 9.62. The molecule has 3 aromatic carbocycles. The Morgan fingerprint density at radius 3 is 2.63 bits per heavy atom. The van der Waals surface area contributed by atoms with Gasteiger partial charge in [0.2, 0.25) is 0 Å². The first-order valence-corrected chi connectivity index (χ1v) is 12.2. The second kappa shape index (κ2) is 10.5. The molecule has 3 aromatic rings. The lowest BCUT2D eigenvalue weighted by Gasteiger charge is -2.32. The number of rotatable bonds is 7. The molecule has 5 nitrogen and oxygen atoms in total. The Labute approximate surface area is 209 Å². The van der Waals surface area contributed by atoms with Gasteiger partial charge in [0.25, 0.3) is 0 Å². The van der Waals surface area contributed by atoms with Gasteiger partial charge < -0.3 is 24.4 Å². The van der Waals surface area contributed by atoms with Crippen molar-refractivity contribution in [3.63, 3.8) is 0 Å². The molecule has 184 valence electrons. The van der Waals surface area contributed by atoms with Crippen LogP contribution in [0.15, 0.2) is 60.7 Å². The maximum absolute atomic E-state index is 13.9. The lowest BCUT2D eigenvalue weighted by molar-refractivity contribution is -0.113. The van der Waals surface area contributed by atoms with Crippen molar-refractivity contribution in [3.8, 4) is 11.5 Å². The molecule has 0 aromatic heterocycles. The van der Waals surface area contributed by atoms with Gasteiger partial charge >= 0.3 is 0 Å². The van der Waals surface area contributed by atoms with Crippen LogP contribution >= 0.6 is 11.6 Å². The van der Waals surface area contributed by atoms with Gasteiger partial charge in [0.05, 0.1) is 24.9 Å². The molecule has 0 saturated carbocycles. The zero-order chi connectivity index (χ0) is 24.4. The Kier molecular flexibility index (Phi) is 7.25. The summed E-state index contributed by atoms with van der Waals surface area (Å²) < 4.78 is 31.4. The first-order chi connectivity index (χ1) is 17.0. The number of aliphatic hydroxyl groups is 2. The van der Waals surface area contributed by atoms with Gasteiger partial charge in [-0.3, -0.25) is 0 Å². The highest BCUT2D eigenvalue weighted by Gasteiger charge is 2.29. The molecule has 7 heteroatoms. The molecule has 35 heavy (non-hydrogen) atoms. The molecule has 4 unspecified atom stereocenters. The van der Waals surface area contributed by atoms with Gasteiger partial charge in [-0.1, -0.05) is 48.0 Å². The average Bonchev–Trinajstić information content (AvgIpc) is 3.29. The van der Waals surface area contributed by atoms with Gasteiger partial charge in [-0.25, -0.2) is 4.39 Å². The number of hydrogen-bond acceptors (Lipinski definition) is 5. The van der Waals surface area contributed by atoms with E-state index >= 15 is 0 Å². The molecule has 0 bridgehead atoms. The quantitative estimate of drug-likeness (QED) is 0.478. The van der Waals surface area contributed by atoms with E-state index in [9.17, 15) is 14.6 Å². The molecule has 2 aliphatic heterocycles. The fourth-order valence-corrected chi connectivity index (χ4v) is 4.94. The van der Waals surface area contributed by atoms with Crippen LogP contribution in [0.4, 0.5) is 4.39 Å². The van der Waals surface area contributed by atoms with Crippen molar-refractivity contribution in [2.75, 3.05) is 13.2 Å². The first kappa shape index (κ1) is 24.1. The first-order valence-electron chi connectivity index (χ1n) is 11.9. The van der Waals surface area contributed by atoms with Crippen LogP contribution in [0.5, 0.6) is 11.5 Å². The van der Waals surface area contributed by atoms with Gasteiger partial charge in [-0.15, -0.1) is 0 Å². The Morgan fingerprint density at radius 1 is 1.03 bits per heavy atom. The molecule has 0 aliphatic carbocycles. The van der Waals surface area contributed by atoms with Crippen molar-refractivity contribution >= 4 is 11.6 Å². The lowest BCUT2D eigenvalue weighted by Crippen LogP contribution is -2.33. The summed E-state index contributed by atoms with van der Waals surface area (Å²) in [7, 11) is 0. The Bertz CT molecular complexity index is 1170. The van der Waals surface area contributed by atoms with Gasteiger partial charge in [-0.2, -0.15) is 0 Å². The predicted molar refractivity (Wildman–Crippen MR) is 131 cm³/mol. The van der Waals surface area contributed by atoms with Crippen LogP contribution in [0.25, 0.3) is 0 Å². The number of benzene rings is 3. The summed E-state index contributed by atoms with van der Waals surface area (Å²) in [5.74, 6) is 0.709. The zero-order valence-corrected chi connectivity index (χ0v) is 20.0. The number of halogens is 2. The Morgan fingerprint density at radius 2 is 1.86 bits per heavy atom. The molecule has 0 radical (unpaired) electrons. The fraction of sp³-hybridized carbons (Fsp3) is 0.357. The van der Waals surface area contributed by atoms with Crippen molar-refractivity contribution < 1.29 is 28.8 Å². The summed E-state index contributed by atoms with van der Waals surface area (Å²) in [6, 6.07) is 18.5. The van der Waals surface area contributed by atoms with Crippen molar-refractivity contribution in [1.29, 1.82) is 0 Å². The molecule has 1 saturated heterocycles. The van der Waals surface area contributed by atoms with Crippen LogP contribution in [-0.4, -0.2) is 41.7 Å². The van der Waals surface area contributed by atoms with Crippen molar-refractivity contribution in [2.24, 2.45) is 0 Å². The number of ether oxygens (including phenoxy) is 3. The fourth-order valence-electron chi connectivity index (χ4n) is 4.76. The third-order valence-electron chi connectivity index (χ3n) is 6.56. The van der Waals surface area contributed by atoms with E-state index in [1.165, 1.54) is 6.07 Å². The Hall–Kier alpha value is -2.64. The van der Waals surface area contributed by atoms with Gasteiger partial charge in [0.15, 0.2) is 11.6 Å². The van der Waals surface area contributed by atoms with Crippen molar-refractivity contribution in [3.05, 3.63) is 93.8 Å². The molecule has 5 rings (SSSR count). The van der Waals surface area contributed by atoms with Crippen molar-refractivity contribution in [1.82, 2.24) is 0 Å². The molecule has 1 fully saturated rings. The van der Waals surface area contributed by atoms with Gasteiger partial charge in [-0.05, 0) is 47.4 Å². The van der Waals surface area contributed by atoms with E-state index in [1.54, 1.807) is 6.07 Å². The highest BCUT2D eigenvalue weighted by Crippen LogP contribution is 2.34. The minimum Gasteiger partial charge on any atom is -0.490 e. The van der Waals surface area contributed by atoms with Crippen LogP contribution in [0.3, 0.4) is 0 Å². The van der Waals surface area contributed by atoms with E-state index in [1.807, 2.05) is 48.5 Å². The SMILES string of the molecule is OCC1CC(O)CC(c2ccc(Cl)c(Cc3ccc(OCC4Cc5cccc(F)c5O4)cc3)c2)O1. The predicted octanol–water partition coefficient (Wildman–Crippen LogP) is 5.03. The van der Waals surface area contributed by atoms with Crippen LogP contribution < -0.4 is 9.47 Å². The number of para-hydroxylation sites is 1. The van der Waals surface area contributed by atoms with E-state index < -0.39 is 6.10 Å². The topological polar surface area (TPSA) is 68.2 Å². The minimum absolute atomic E-state index is 0.112. The number of fused-ring (bicyclic) bond motifs is 1. The monoisotopic (exact) mass is 498 g/mol. The third-order valence-corrected chi connectivity index (χ3v) is 6.93. The molecule has 4 atom stereocenters. The summed E-state index contributed by atoms with van der Waals surface area (Å²) in [6.07, 6.45) is 0.838. The van der Waals surface area contributed by atoms with Crippen LogP contribution in [0.2, 0.25) is 5.02 Å². The summed E-state index contributed by atoms with van der Waals surface area (Å²) >= 11 is 6.48. The van der Waals surface area contributed by atoms with E-state index in [4.69, 9.17) is 25.8 Å². The van der Waals surface area contributed by atoms with Gasteiger partial charge in [0, 0.05) is 29.8 Å². The molecular formula is C28H28ClFO5. The van der Waals surface area contributed by atoms with Crippen LogP contribution in [-0.2, 0) is 17.6 Å². The smallest absolute Gasteiger partial charge is 0.165 e. The number of hydrogen-bond donors (Lipinski definition) is 2. The lowest BCUT2D eigenvalue weighted by atomic mass is 9.94. The Balaban J connectivity index is 1.20. The van der Waals surface area contributed by atoms with Gasteiger partial charge in [0.1, 0.15) is 18.5 Å². The average molecular weight is 499 g/mol. The minimum atomic E-state index is -0.500.